The van der Waals surface area contributed by atoms with E-state index in [9.17, 15) is 9.90 Å². The molecule has 0 aliphatic carbocycles. The number of rotatable bonds is 10. The summed E-state index contributed by atoms with van der Waals surface area (Å²) in [4.78, 5) is 22.5. The SMILES string of the molecule is CCC(C)(CC)C(=O)/C=C(\O)C(C)(CC)CC.Cc1cc2ccc3c(-c4[c-]ccc5c4oc4ccccc45)nc(C(C)C)nc3c2c(C)c1[Si](C)(C)C.[Ir]. The molecular formula is C47H59IrN2O3Si-. The normalized spacial score (nSPS) is 12.7. The van der Waals surface area contributed by atoms with Crippen LogP contribution in [0.2, 0.25) is 19.6 Å². The smallest absolute Gasteiger partial charge is 0.164 e. The summed E-state index contributed by atoms with van der Waals surface area (Å²) in [5.41, 5.74) is 6.67. The van der Waals surface area contributed by atoms with Gasteiger partial charge in [0.15, 0.2) is 5.78 Å². The molecule has 0 spiro atoms. The summed E-state index contributed by atoms with van der Waals surface area (Å²) in [6.07, 6.45) is 4.75. The van der Waals surface area contributed by atoms with Crippen LogP contribution in [-0.4, -0.2) is 28.9 Å². The fourth-order valence-electron chi connectivity index (χ4n) is 7.62. The maximum atomic E-state index is 12.2. The summed E-state index contributed by atoms with van der Waals surface area (Å²) in [5.74, 6) is 1.33. The van der Waals surface area contributed by atoms with Crippen LogP contribution in [0.15, 0.2) is 70.8 Å². The van der Waals surface area contributed by atoms with E-state index in [1.54, 1.807) is 0 Å². The van der Waals surface area contributed by atoms with E-state index in [2.05, 4.69) is 89.8 Å². The number of carbonyl (C=O) groups is 1. The minimum absolute atomic E-state index is 0. The molecule has 0 unspecified atom stereocenters. The van der Waals surface area contributed by atoms with Gasteiger partial charge in [-0.05, 0) is 61.9 Å². The largest absolute Gasteiger partial charge is 0.512 e. The fraction of sp³-hybridized carbons (Fsp3) is 0.426. The number of hydrogen-bond donors (Lipinski definition) is 1. The summed E-state index contributed by atoms with van der Waals surface area (Å²) in [6.45, 7) is 28.2. The molecule has 54 heavy (non-hydrogen) atoms. The first-order valence-corrected chi connectivity index (χ1v) is 23.0. The number of aliphatic hydroxyl groups is 1. The zero-order valence-electron chi connectivity index (χ0n) is 34.7. The van der Waals surface area contributed by atoms with Gasteiger partial charge in [-0.15, -0.1) is 18.2 Å². The molecule has 0 amide bonds. The summed E-state index contributed by atoms with van der Waals surface area (Å²) >= 11 is 0. The van der Waals surface area contributed by atoms with E-state index >= 15 is 0 Å². The van der Waals surface area contributed by atoms with Gasteiger partial charge in [0, 0.05) is 59.4 Å². The predicted molar refractivity (Wildman–Crippen MR) is 228 cm³/mol. The molecular weight excluding hydrogens is 861 g/mol. The van der Waals surface area contributed by atoms with Gasteiger partial charge in [0.05, 0.1) is 19.2 Å². The number of furan rings is 1. The average molecular weight is 920 g/mol. The Morgan fingerprint density at radius 1 is 0.889 bits per heavy atom. The molecule has 2 aromatic heterocycles. The van der Waals surface area contributed by atoms with Gasteiger partial charge in [-0.3, -0.25) is 9.78 Å². The van der Waals surface area contributed by atoms with Gasteiger partial charge in [-0.2, -0.15) is 0 Å². The molecule has 6 aromatic rings. The first kappa shape index (κ1) is 43.1. The molecule has 0 fully saturated rings. The minimum Gasteiger partial charge on any atom is -0.512 e. The van der Waals surface area contributed by atoms with Gasteiger partial charge in [-0.1, -0.05) is 133 Å². The number of ketones is 1. The van der Waals surface area contributed by atoms with Gasteiger partial charge >= 0.3 is 0 Å². The van der Waals surface area contributed by atoms with Crippen molar-refractivity contribution in [2.45, 2.75) is 120 Å². The first-order chi connectivity index (χ1) is 24.9. The summed E-state index contributed by atoms with van der Waals surface area (Å²) in [6, 6.07) is 22.5. The summed E-state index contributed by atoms with van der Waals surface area (Å²) in [7, 11) is -1.56. The monoisotopic (exact) mass is 920 g/mol. The number of nitrogens with zero attached hydrogens (tertiary/aromatic N) is 2. The van der Waals surface area contributed by atoms with Crippen LogP contribution < -0.4 is 5.19 Å². The second-order valence-corrected chi connectivity index (χ2v) is 21.7. The van der Waals surface area contributed by atoms with Crippen molar-refractivity contribution in [3.63, 3.8) is 0 Å². The van der Waals surface area contributed by atoms with Crippen LogP contribution in [0.1, 0.15) is 104 Å². The van der Waals surface area contributed by atoms with Crippen molar-refractivity contribution in [2.75, 3.05) is 0 Å². The van der Waals surface area contributed by atoms with Crippen molar-refractivity contribution in [1.82, 2.24) is 9.97 Å². The van der Waals surface area contributed by atoms with Crippen LogP contribution in [0.5, 0.6) is 0 Å². The number of benzene rings is 4. The second kappa shape index (κ2) is 16.6. The van der Waals surface area contributed by atoms with E-state index in [4.69, 9.17) is 14.4 Å². The van der Waals surface area contributed by atoms with Crippen molar-refractivity contribution < 1.29 is 34.4 Å². The number of aromatic nitrogens is 2. The van der Waals surface area contributed by atoms with Crippen molar-refractivity contribution in [2.24, 2.45) is 10.8 Å². The van der Waals surface area contributed by atoms with Crippen LogP contribution in [0.3, 0.4) is 0 Å². The molecule has 2 heterocycles. The third-order valence-corrected chi connectivity index (χ3v) is 14.1. The zero-order valence-corrected chi connectivity index (χ0v) is 38.1. The van der Waals surface area contributed by atoms with Gasteiger partial charge in [0.25, 0.3) is 0 Å². The number of allylic oxidation sites excluding steroid dienone is 2. The van der Waals surface area contributed by atoms with Gasteiger partial charge in [0.1, 0.15) is 17.2 Å². The van der Waals surface area contributed by atoms with E-state index in [1.165, 1.54) is 33.2 Å². The minimum atomic E-state index is -1.56. The van der Waals surface area contributed by atoms with Crippen molar-refractivity contribution >= 4 is 62.7 Å². The Morgan fingerprint density at radius 3 is 2.11 bits per heavy atom. The Labute approximate surface area is 337 Å². The second-order valence-electron chi connectivity index (χ2n) is 16.7. The van der Waals surface area contributed by atoms with Crippen LogP contribution in [0.4, 0.5) is 0 Å². The Hall–Kier alpha value is -3.64. The van der Waals surface area contributed by atoms with Gasteiger partial charge in [-0.25, -0.2) is 4.98 Å². The first-order valence-electron chi connectivity index (χ1n) is 19.5. The molecule has 289 valence electrons. The Kier molecular flexibility index (Phi) is 13.3. The molecule has 5 nitrogen and oxygen atoms in total. The van der Waals surface area contributed by atoms with Crippen LogP contribution in [0.25, 0.3) is 54.9 Å². The third-order valence-electron chi connectivity index (χ3n) is 11.9. The molecule has 0 aliphatic heterocycles. The van der Waals surface area contributed by atoms with Crippen LogP contribution in [0, 0.1) is 30.7 Å². The molecule has 0 saturated carbocycles. The Balaban J connectivity index is 0.000000309. The summed E-state index contributed by atoms with van der Waals surface area (Å²) < 4.78 is 6.39. The van der Waals surface area contributed by atoms with E-state index < -0.39 is 8.07 Å². The quantitative estimate of drug-likeness (QED) is 0.0487. The molecule has 4 aromatic carbocycles. The predicted octanol–water partition coefficient (Wildman–Crippen LogP) is 13.1. The molecule has 1 radical (unpaired) electrons. The molecule has 7 heteroatoms. The van der Waals surface area contributed by atoms with Crippen LogP contribution in [-0.2, 0) is 24.9 Å². The zero-order chi connectivity index (χ0) is 39.0. The average Bonchev–Trinajstić information content (AvgIpc) is 3.52. The number of carbonyl (C=O) groups excluding carboxylic acids is 1. The molecule has 0 atom stereocenters. The number of aryl methyl sites for hydroxylation is 2. The Bertz CT molecular complexity index is 2340. The number of hydrogen-bond acceptors (Lipinski definition) is 5. The van der Waals surface area contributed by atoms with Gasteiger partial charge in [0.2, 0.25) is 0 Å². The van der Waals surface area contributed by atoms with E-state index in [-0.39, 0.29) is 48.4 Å². The van der Waals surface area contributed by atoms with Crippen molar-refractivity contribution in [3.8, 4) is 11.3 Å². The fourth-order valence-corrected chi connectivity index (χ4v) is 10.1. The van der Waals surface area contributed by atoms with Crippen molar-refractivity contribution in [1.29, 1.82) is 0 Å². The molecule has 0 bridgehead atoms. The number of aliphatic hydroxyl groups excluding tert-OH is 1. The molecule has 0 aliphatic rings. The number of fused-ring (bicyclic) bond motifs is 6. The maximum absolute atomic E-state index is 12.2. The number of para-hydroxylation sites is 1. The van der Waals surface area contributed by atoms with Crippen LogP contribution >= 0.6 is 0 Å². The van der Waals surface area contributed by atoms with E-state index in [0.29, 0.717) is 0 Å². The third kappa shape index (κ3) is 8.01. The molecule has 0 saturated heterocycles. The van der Waals surface area contributed by atoms with E-state index in [0.717, 1.165) is 75.6 Å². The Morgan fingerprint density at radius 2 is 1.52 bits per heavy atom. The molecule has 6 rings (SSSR count). The van der Waals surface area contributed by atoms with E-state index in [1.807, 2.05) is 59.7 Å². The van der Waals surface area contributed by atoms with Crippen molar-refractivity contribution in [3.05, 3.63) is 89.5 Å². The molecule has 1 N–H and O–H groups in total. The van der Waals surface area contributed by atoms with Gasteiger partial charge < -0.3 is 9.52 Å². The standard InChI is InChI=1S/C32H31N2OSi.C15H28O2.Ir/c1-18(2)32-33-28(25-13-10-12-23-22-11-8-9-14-26(22)35-30(23)25)24-16-15-21-17-19(3)31(36(5,6)7)20(4)27(21)29(24)34-32;1-7-14(5,8-2)12(16)11-13(17)15(6,9-3)10-4;/h8-12,14-18H,1-7H3;11,16H,7-10H2,1-6H3;/q-1;;/b;12-11-;. The topological polar surface area (TPSA) is 76.2 Å². The maximum Gasteiger partial charge on any atom is 0.164 e. The summed E-state index contributed by atoms with van der Waals surface area (Å²) in [5, 5.41) is 17.4.